The van der Waals surface area contributed by atoms with Crippen molar-refractivity contribution in [3.8, 4) is 11.3 Å². The summed E-state index contributed by atoms with van der Waals surface area (Å²) in [5.41, 5.74) is 13.8. The number of pyridine rings is 1. The summed E-state index contributed by atoms with van der Waals surface area (Å²) in [4.78, 5) is 23.2. The maximum absolute atomic E-state index is 11.5. The summed E-state index contributed by atoms with van der Waals surface area (Å²) >= 11 is 0. The van der Waals surface area contributed by atoms with Gasteiger partial charge in [0.15, 0.2) is 0 Å². The Kier molecular flexibility index (Phi) is 4.87. The number of carbonyl (C=O) groups is 1. The van der Waals surface area contributed by atoms with Gasteiger partial charge in [0.1, 0.15) is 11.6 Å². The van der Waals surface area contributed by atoms with E-state index >= 15 is 0 Å². The van der Waals surface area contributed by atoms with E-state index in [2.05, 4.69) is 20.3 Å². The Hall–Kier alpha value is -3.45. The summed E-state index contributed by atoms with van der Waals surface area (Å²) in [6.45, 7) is 0.460. The second-order valence-electron chi connectivity index (χ2n) is 5.29. The van der Waals surface area contributed by atoms with Crippen molar-refractivity contribution in [2.24, 2.45) is 11.5 Å². The highest BCUT2D eigenvalue weighted by atomic mass is 16.1. The van der Waals surface area contributed by atoms with Gasteiger partial charge in [-0.3, -0.25) is 4.79 Å². The zero-order valence-corrected chi connectivity index (χ0v) is 13.4. The van der Waals surface area contributed by atoms with Crippen LogP contribution < -0.4 is 16.8 Å². The summed E-state index contributed by atoms with van der Waals surface area (Å²) < 4.78 is 0. The number of hydrogen-bond acceptors (Lipinski definition) is 5. The Labute approximate surface area is 144 Å². The first kappa shape index (κ1) is 16.4. The third-order valence-corrected chi connectivity index (χ3v) is 3.52. The lowest BCUT2D eigenvalue weighted by atomic mass is 10.1. The van der Waals surface area contributed by atoms with Gasteiger partial charge in [-0.1, -0.05) is 18.2 Å². The zero-order valence-electron chi connectivity index (χ0n) is 13.4. The smallest absolute Gasteiger partial charge is 0.252 e. The van der Waals surface area contributed by atoms with Crippen LogP contribution in [-0.4, -0.2) is 27.4 Å². The molecule has 0 aliphatic carbocycles. The van der Waals surface area contributed by atoms with Gasteiger partial charge in [-0.15, -0.1) is 0 Å². The number of H-pyrrole nitrogens is 1. The molecule has 0 fully saturated rings. The van der Waals surface area contributed by atoms with Crippen molar-refractivity contribution in [1.82, 2.24) is 15.0 Å². The number of rotatable bonds is 6. The van der Waals surface area contributed by atoms with E-state index < -0.39 is 5.91 Å². The van der Waals surface area contributed by atoms with Crippen LogP contribution in [0.3, 0.4) is 0 Å². The first-order valence-corrected chi connectivity index (χ1v) is 7.71. The van der Waals surface area contributed by atoms with E-state index in [1.54, 1.807) is 24.5 Å². The van der Waals surface area contributed by atoms with Gasteiger partial charge < -0.3 is 21.8 Å². The highest BCUT2D eigenvalue weighted by Crippen LogP contribution is 2.24. The predicted molar refractivity (Wildman–Crippen MR) is 98.1 cm³/mol. The molecule has 0 aliphatic rings. The molecule has 126 valence electrons. The van der Waals surface area contributed by atoms with E-state index in [1.807, 2.05) is 36.4 Å². The van der Waals surface area contributed by atoms with Gasteiger partial charge in [-0.05, 0) is 30.3 Å². The minimum absolute atomic E-state index is 0.337. The van der Waals surface area contributed by atoms with E-state index in [0.29, 0.717) is 17.9 Å². The normalized spacial score (nSPS) is 10.9. The molecule has 7 nitrogen and oxygen atoms in total. The molecule has 6 N–H and O–H groups in total. The molecule has 2 heterocycles. The summed E-state index contributed by atoms with van der Waals surface area (Å²) in [5, 5.41) is 3.13. The molecule has 2 aromatic heterocycles. The molecule has 0 atom stereocenters. The van der Waals surface area contributed by atoms with E-state index in [9.17, 15) is 4.79 Å². The molecule has 0 aliphatic heterocycles. The van der Waals surface area contributed by atoms with Crippen LogP contribution in [0.4, 0.5) is 11.5 Å². The Morgan fingerprint density at radius 1 is 1.24 bits per heavy atom. The number of anilines is 2. The fraction of sp³-hybridized carbons (Fsp3) is 0.0556. The summed E-state index contributed by atoms with van der Waals surface area (Å²) in [5.74, 6) is 0.625. The molecule has 0 radical (unpaired) electrons. The molecule has 0 saturated carbocycles. The Balaban J connectivity index is 1.86. The zero-order chi connectivity index (χ0) is 17.6. The number of nitrogens with two attached hydrogens (primary N) is 2. The van der Waals surface area contributed by atoms with Crippen molar-refractivity contribution in [3.05, 3.63) is 66.3 Å². The molecule has 25 heavy (non-hydrogen) atoms. The fourth-order valence-electron chi connectivity index (χ4n) is 2.35. The number of imidazole rings is 1. The topological polar surface area (TPSA) is 123 Å². The molecule has 3 rings (SSSR count). The number of hydrogen-bond donors (Lipinski definition) is 4. The molecule has 1 amide bonds. The first-order chi connectivity index (χ1) is 12.2. The van der Waals surface area contributed by atoms with Crippen LogP contribution >= 0.6 is 0 Å². The quantitative estimate of drug-likeness (QED) is 0.551. The molecule has 0 spiro atoms. The lowest BCUT2D eigenvalue weighted by Gasteiger charge is -2.09. The number of amides is 1. The number of benzene rings is 1. The Bertz CT molecular complexity index is 915. The minimum Gasteiger partial charge on any atom is -0.365 e. The fourth-order valence-corrected chi connectivity index (χ4v) is 2.35. The molecule has 7 heteroatoms. The first-order valence-electron chi connectivity index (χ1n) is 7.71. The van der Waals surface area contributed by atoms with E-state index in [-0.39, 0.29) is 0 Å². The molecular weight excluding hydrogens is 316 g/mol. The third-order valence-electron chi connectivity index (χ3n) is 3.52. The van der Waals surface area contributed by atoms with Gasteiger partial charge in [-0.25, -0.2) is 9.97 Å². The Morgan fingerprint density at radius 2 is 2.12 bits per heavy atom. The van der Waals surface area contributed by atoms with Gasteiger partial charge in [0.05, 0.1) is 17.5 Å². The Morgan fingerprint density at radius 3 is 2.92 bits per heavy atom. The number of nitrogens with one attached hydrogen (secondary N) is 2. The SMILES string of the molecule is NCC=Cc1ncc(-c2cccc(Nc3ncccc3C(N)=O)c2)[nH]1. The van der Waals surface area contributed by atoms with Gasteiger partial charge in [0, 0.05) is 24.0 Å². The highest BCUT2D eigenvalue weighted by molar-refractivity contribution is 5.98. The largest absolute Gasteiger partial charge is 0.365 e. The van der Waals surface area contributed by atoms with E-state index in [4.69, 9.17) is 11.5 Å². The molecule has 3 aromatic rings. The highest BCUT2D eigenvalue weighted by Gasteiger charge is 2.09. The van der Waals surface area contributed by atoms with Crippen molar-refractivity contribution < 1.29 is 4.79 Å². The van der Waals surface area contributed by atoms with Crippen molar-refractivity contribution in [2.75, 3.05) is 11.9 Å². The van der Waals surface area contributed by atoms with Crippen molar-refractivity contribution >= 4 is 23.5 Å². The molecule has 0 saturated heterocycles. The van der Waals surface area contributed by atoms with Crippen LogP contribution in [0.2, 0.25) is 0 Å². The van der Waals surface area contributed by atoms with Gasteiger partial charge in [0.25, 0.3) is 5.91 Å². The van der Waals surface area contributed by atoms with Gasteiger partial charge in [-0.2, -0.15) is 0 Å². The third kappa shape index (κ3) is 3.91. The van der Waals surface area contributed by atoms with Crippen LogP contribution in [0.1, 0.15) is 16.2 Å². The van der Waals surface area contributed by atoms with E-state index in [1.165, 1.54) is 0 Å². The van der Waals surface area contributed by atoms with Crippen molar-refractivity contribution in [1.29, 1.82) is 0 Å². The molecule has 0 bridgehead atoms. The average Bonchev–Trinajstić information content (AvgIpc) is 3.09. The van der Waals surface area contributed by atoms with Gasteiger partial charge in [0.2, 0.25) is 0 Å². The second-order valence-corrected chi connectivity index (χ2v) is 5.29. The maximum atomic E-state index is 11.5. The van der Waals surface area contributed by atoms with Crippen LogP contribution in [-0.2, 0) is 0 Å². The summed E-state index contributed by atoms with van der Waals surface area (Å²) in [6, 6.07) is 11.0. The number of aromatic nitrogens is 3. The predicted octanol–water partition coefficient (Wildman–Crippen LogP) is 2.29. The number of carbonyl (C=O) groups excluding carboxylic acids is 1. The average molecular weight is 334 g/mol. The lowest BCUT2D eigenvalue weighted by Crippen LogP contribution is -2.14. The monoisotopic (exact) mass is 334 g/mol. The van der Waals surface area contributed by atoms with Crippen molar-refractivity contribution in [2.45, 2.75) is 0 Å². The van der Waals surface area contributed by atoms with Crippen LogP contribution in [0, 0.1) is 0 Å². The van der Waals surface area contributed by atoms with Crippen LogP contribution in [0.15, 0.2) is 54.9 Å². The van der Waals surface area contributed by atoms with Crippen LogP contribution in [0.25, 0.3) is 17.3 Å². The molecule has 0 unspecified atom stereocenters. The molecule has 1 aromatic carbocycles. The van der Waals surface area contributed by atoms with Crippen molar-refractivity contribution in [3.63, 3.8) is 0 Å². The lowest BCUT2D eigenvalue weighted by molar-refractivity contribution is 0.100. The number of aromatic amines is 1. The maximum Gasteiger partial charge on any atom is 0.252 e. The summed E-state index contributed by atoms with van der Waals surface area (Å²) in [6.07, 6.45) is 7.01. The number of primary amides is 1. The number of nitrogens with zero attached hydrogens (tertiary/aromatic N) is 2. The molecular formula is C18H18N6O. The minimum atomic E-state index is -0.531. The second kappa shape index (κ2) is 7.41. The van der Waals surface area contributed by atoms with Crippen LogP contribution in [0.5, 0.6) is 0 Å². The van der Waals surface area contributed by atoms with E-state index in [0.717, 1.165) is 22.8 Å². The standard InChI is InChI=1S/C18H18N6O/c19-8-2-7-16-22-11-15(24-16)12-4-1-5-13(10-12)23-18-14(17(20)25)6-3-9-21-18/h1-7,9-11H,8,19H2,(H2,20,25)(H,21,23)(H,22,24). The summed E-state index contributed by atoms with van der Waals surface area (Å²) in [7, 11) is 0. The van der Waals surface area contributed by atoms with Gasteiger partial charge >= 0.3 is 0 Å².